The molecule has 0 bridgehead atoms. The number of hydrogen-bond donors (Lipinski definition) is 1. The topological polar surface area (TPSA) is 47.9 Å². The lowest BCUT2D eigenvalue weighted by Crippen LogP contribution is -2.17. The molecule has 2 aromatic rings. The summed E-state index contributed by atoms with van der Waals surface area (Å²) >= 11 is 0. The molecule has 0 amide bonds. The molecule has 4 heteroatoms. The molecule has 0 aromatic heterocycles. The molecule has 0 saturated heterocycles. The molecule has 1 unspecified atom stereocenters. The van der Waals surface area contributed by atoms with Crippen LogP contribution in [0.3, 0.4) is 0 Å². The van der Waals surface area contributed by atoms with E-state index in [1.807, 2.05) is 13.0 Å². The maximum absolute atomic E-state index is 10.3. The van der Waals surface area contributed by atoms with Crippen molar-refractivity contribution in [3.8, 4) is 17.2 Å². The van der Waals surface area contributed by atoms with Crippen LogP contribution < -0.4 is 14.2 Å². The summed E-state index contributed by atoms with van der Waals surface area (Å²) in [5.74, 6) is 0.512. The zero-order valence-electron chi connectivity index (χ0n) is 21.4. The zero-order chi connectivity index (χ0) is 24.2. The molecule has 25 heavy (non-hydrogen) atoms. The SMILES string of the molecule is [2H]C([2H])([2H])Oc1cc(C([2H])([2H])CCC([2H])([2H])C(O)COc2cccc(C)c2)ccc1OC. The Balaban J connectivity index is 2.06. The Morgan fingerprint density at radius 1 is 1.12 bits per heavy atom. The normalized spacial score (nSPS) is 17.6. The van der Waals surface area contributed by atoms with Crippen molar-refractivity contribution >= 4 is 0 Å². The van der Waals surface area contributed by atoms with Crippen molar-refractivity contribution in [2.75, 3.05) is 20.8 Å². The van der Waals surface area contributed by atoms with Crippen LogP contribution >= 0.6 is 0 Å². The van der Waals surface area contributed by atoms with Crippen molar-refractivity contribution in [2.45, 2.75) is 38.6 Å². The van der Waals surface area contributed by atoms with Crippen LogP contribution in [-0.4, -0.2) is 32.0 Å². The number of rotatable bonds is 10. The summed E-state index contributed by atoms with van der Waals surface area (Å²) in [7, 11) is -1.40. The number of methoxy groups -OCH3 is 2. The van der Waals surface area contributed by atoms with Gasteiger partial charge < -0.3 is 19.3 Å². The summed E-state index contributed by atoms with van der Waals surface area (Å²) in [4.78, 5) is 0. The summed E-state index contributed by atoms with van der Waals surface area (Å²) in [6.45, 7) is 1.61. The van der Waals surface area contributed by atoms with E-state index in [0.29, 0.717) is 5.75 Å². The van der Waals surface area contributed by atoms with Crippen LogP contribution in [0.1, 0.15) is 39.9 Å². The summed E-state index contributed by atoms with van der Waals surface area (Å²) in [6, 6.07) is 11.2. The second-order valence-electron chi connectivity index (χ2n) is 5.49. The summed E-state index contributed by atoms with van der Waals surface area (Å²) in [5.41, 5.74) is 1.08. The van der Waals surface area contributed by atoms with Crippen LogP contribution in [0.15, 0.2) is 42.5 Å². The van der Waals surface area contributed by atoms with Gasteiger partial charge in [0.1, 0.15) is 12.4 Å². The fourth-order valence-corrected chi connectivity index (χ4v) is 2.25. The Bertz CT molecular complexity index is 900. The van der Waals surface area contributed by atoms with Crippen molar-refractivity contribution in [1.29, 1.82) is 0 Å². The number of benzene rings is 2. The van der Waals surface area contributed by atoms with E-state index in [1.54, 1.807) is 18.2 Å². The van der Waals surface area contributed by atoms with Gasteiger partial charge in [-0.1, -0.05) is 24.6 Å². The molecule has 0 heterocycles. The van der Waals surface area contributed by atoms with E-state index in [4.69, 9.17) is 23.8 Å². The largest absolute Gasteiger partial charge is 0.493 e. The van der Waals surface area contributed by atoms with E-state index < -0.39 is 25.9 Å². The minimum absolute atomic E-state index is 0.110. The standard InChI is InChI=1S/C21H28O4/c1-16-7-6-10-19(13-16)25-15-18(22)9-5-4-8-17-11-12-20(23-2)21(14-17)24-3/h6-7,10-14,18,22H,4-5,8-9,15H2,1-3H3/i3D3,8D2,9D2. The predicted molar refractivity (Wildman–Crippen MR) is 99.8 cm³/mol. The molecule has 136 valence electrons. The van der Waals surface area contributed by atoms with E-state index in [2.05, 4.69) is 0 Å². The Kier molecular flexibility index (Phi) is 4.54. The maximum atomic E-state index is 10.3. The van der Waals surface area contributed by atoms with Crippen LogP contribution in [0.4, 0.5) is 0 Å². The number of aryl methyl sites for hydroxylation is 2. The Morgan fingerprint density at radius 2 is 2.00 bits per heavy atom. The van der Waals surface area contributed by atoms with Crippen molar-refractivity contribution in [1.82, 2.24) is 0 Å². The van der Waals surface area contributed by atoms with E-state index in [0.717, 1.165) is 5.56 Å². The molecule has 0 spiro atoms. The first-order valence-corrected chi connectivity index (χ1v) is 7.99. The third-order valence-electron chi connectivity index (χ3n) is 3.51. The van der Waals surface area contributed by atoms with Gasteiger partial charge in [-0.3, -0.25) is 0 Å². The highest BCUT2D eigenvalue weighted by Crippen LogP contribution is 2.28. The molecule has 0 aliphatic heterocycles. The van der Waals surface area contributed by atoms with Gasteiger partial charge in [-0.25, -0.2) is 0 Å². The first-order chi connectivity index (χ1) is 14.7. The van der Waals surface area contributed by atoms with Gasteiger partial charge in [0.15, 0.2) is 11.5 Å². The van der Waals surface area contributed by atoms with Gasteiger partial charge in [0.2, 0.25) is 0 Å². The number of aliphatic hydroxyl groups excluding tert-OH is 1. The molecule has 0 saturated carbocycles. The fourth-order valence-electron chi connectivity index (χ4n) is 2.25. The van der Waals surface area contributed by atoms with Crippen LogP contribution in [-0.2, 0) is 6.37 Å². The van der Waals surface area contributed by atoms with Crippen molar-refractivity contribution < 1.29 is 28.9 Å². The van der Waals surface area contributed by atoms with E-state index in [9.17, 15) is 5.11 Å². The third kappa shape index (κ3) is 6.31. The van der Waals surface area contributed by atoms with Gasteiger partial charge in [-0.15, -0.1) is 0 Å². The van der Waals surface area contributed by atoms with Crippen LogP contribution in [0, 0.1) is 6.92 Å². The lowest BCUT2D eigenvalue weighted by molar-refractivity contribution is 0.0976. The summed E-state index contributed by atoms with van der Waals surface area (Å²) in [5, 5.41) is 10.3. The lowest BCUT2D eigenvalue weighted by atomic mass is 10.0. The fraction of sp³-hybridized carbons (Fsp3) is 0.429. The molecular weight excluding hydrogens is 316 g/mol. The number of aliphatic hydroxyl groups is 1. The van der Waals surface area contributed by atoms with E-state index >= 15 is 0 Å². The zero-order valence-corrected chi connectivity index (χ0v) is 14.4. The van der Waals surface area contributed by atoms with Gasteiger partial charge in [-0.2, -0.15) is 0 Å². The van der Waals surface area contributed by atoms with Crippen molar-refractivity contribution in [2.24, 2.45) is 0 Å². The summed E-state index contributed by atoms with van der Waals surface area (Å²) in [6.07, 6.45) is -6.14. The molecule has 2 aromatic carbocycles. The third-order valence-corrected chi connectivity index (χ3v) is 3.51. The number of ether oxygens (including phenoxy) is 3. The van der Waals surface area contributed by atoms with Gasteiger partial charge in [0.25, 0.3) is 0 Å². The first kappa shape index (κ1) is 11.4. The van der Waals surface area contributed by atoms with Crippen LogP contribution in [0.2, 0.25) is 0 Å². The predicted octanol–water partition coefficient (Wildman–Crippen LogP) is 4.16. The Labute approximate surface area is 160 Å². The van der Waals surface area contributed by atoms with Crippen molar-refractivity contribution in [3.63, 3.8) is 0 Å². The van der Waals surface area contributed by atoms with E-state index in [-0.39, 0.29) is 36.5 Å². The molecule has 0 radical (unpaired) electrons. The molecule has 1 N–H and O–H groups in total. The highest BCUT2D eigenvalue weighted by molar-refractivity contribution is 5.42. The monoisotopic (exact) mass is 351 g/mol. The minimum atomic E-state index is -2.74. The average molecular weight is 351 g/mol. The quantitative estimate of drug-likeness (QED) is 0.698. The summed E-state index contributed by atoms with van der Waals surface area (Å²) < 4.78 is 70.3. The van der Waals surface area contributed by atoms with E-state index in [1.165, 1.54) is 25.3 Å². The average Bonchev–Trinajstić information content (AvgIpc) is 2.69. The molecule has 0 fully saturated rings. The second-order valence-corrected chi connectivity index (χ2v) is 5.49. The van der Waals surface area contributed by atoms with Gasteiger partial charge in [-0.05, 0) is 61.5 Å². The molecule has 1 atom stereocenters. The molecule has 0 aliphatic carbocycles. The van der Waals surface area contributed by atoms with Gasteiger partial charge >= 0.3 is 0 Å². The molecule has 4 nitrogen and oxygen atoms in total. The second kappa shape index (κ2) is 9.94. The molecular formula is C21H28O4. The molecule has 2 rings (SSSR count). The Morgan fingerprint density at radius 3 is 2.76 bits per heavy atom. The van der Waals surface area contributed by atoms with Crippen LogP contribution in [0.5, 0.6) is 17.2 Å². The number of hydrogen-bond acceptors (Lipinski definition) is 4. The Hall–Kier alpha value is -2.20. The smallest absolute Gasteiger partial charge is 0.160 e. The van der Waals surface area contributed by atoms with Gasteiger partial charge in [0.05, 0.1) is 24.4 Å². The van der Waals surface area contributed by atoms with Crippen molar-refractivity contribution in [3.05, 3.63) is 53.6 Å². The first-order valence-electron chi connectivity index (χ1n) is 11.5. The highest BCUT2D eigenvalue weighted by atomic mass is 16.5. The maximum Gasteiger partial charge on any atom is 0.160 e. The highest BCUT2D eigenvalue weighted by Gasteiger charge is 2.07. The minimum Gasteiger partial charge on any atom is -0.493 e. The lowest BCUT2D eigenvalue weighted by Gasteiger charge is -2.13. The molecule has 0 aliphatic rings. The van der Waals surface area contributed by atoms with Gasteiger partial charge in [0, 0.05) is 5.48 Å². The van der Waals surface area contributed by atoms with Crippen LogP contribution in [0.25, 0.3) is 0 Å².